The highest BCUT2D eigenvalue weighted by molar-refractivity contribution is 6.42. The monoisotopic (exact) mass is 315 g/mol. The van der Waals surface area contributed by atoms with Crippen molar-refractivity contribution in [3.63, 3.8) is 0 Å². The first kappa shape index (κ1) is 17.8. The van der Waals surface area contributed by atoms with Gasteiger partial charge in [0, 0.05) is 6.04 Å². The van der Waals surface area contributed by atoms with Crippen molar-refractivity contribution in [3.05, 3.63) is 33.8 Å². The summed E-state index contributed by atoms with van der Waals surface area (Å²) in [5.41, 5.74) is 1.16. The first-order valence-electron chi connectivity index (χ1n) is 7.85. The molecule has 0 fully saturated rings. The van der Waals surface area contributed by atoms with Crippen LogP contribution in [0.4, 0.5) is 0 Å². The first-order valence-corrected chi connectivity index (χ1v) is 8.60. The van der Waals surface area contributed by atoms with Crippen molar-refractivity contribution in [2.45, 2.75) is 64.8 Å². The number of hydrogen-bond acceptors (Lipinski definition) is 1. The topological polar surface area (TPSA) is 12.0 Å². The Labute approximate surface area is 134 Å². The maximum Gasteiger partial charge on any atom is 0.0624 e. The van der Waals surface area contributed by atoms with Crippen molar-refractivity contribution in [2.24, 2.45) is 0 Å². The molecule has 0 bridgehead atoms. The van der Waals surface area contributed by atoms with Crippen molar-refractivity contribution in [1.82, 2.24) is 5.32 Å². The second kappa shape index (κ2) is 10.5. The Bertz CT molecular complexity index is 379. The Kier molecular flexibility index (Phi) is 9.33. The molecule has 1 atom stereocenters. The summed E-state index contributed by atoms with van der Waals surface area (Å²) >= 11 is 12.4. The highest BCUT2D eigenvalue weighted by Crippen LogP contribution is 2.27. The number of benzene rings is 1. The molecule has 114 valence electrons. The Morgan fingerprint density at radius 3 is 2.55 bits per heavy atom. The van der Waals surface area contributed by atoms with E-state index in [0.717, 1.165) is 24.9 Å². The molecule has 1 N–H and O–H groups in total. The average molecular weight is 316 g/mol. The maximum atomic E-state index is 6.30. The molecule has 0 aliphatic rings. The van der Waals surface area contributed by atoms with Crippen molar-refractivity contribution in [2.75, 3.05) is 6.54 Å². The Balaban J connectivity index is 2.56. The largest absolute Gasteiger partial charge is 0.314 e. The average Bonchev–Trinajstić information content (AvgIpc) is 2.45. The zero-order chi connectivity index (χ0) is 14.8. The summed E-state index contributed by atoms with van der Waals surface area (Å²) in [4.78, 5) is 0. The van der Waals surface area contributed by atoms with Gasteiger partial charge in [-0.1, -0.05) is 74.9 Å². The number of halogens is 2. The van der Waals surface area contributed by atoms with Crippen LogP contribution in [0.2, 0.25) is 10.0 Å². The standard InChI is InChI=1S/C17H27Cl2N/c1-3-5-6-7-10-15(20-12-4-2)13-14-9-8-11-16(18)17(14)19/h8-9,11,15,20H,3-7,10,12-13H2,1-2H3. The van der Waals surface area contributed by atoms with Crippen LogP contribution in [-0.2, 0) is 6.42 Å². The number of rotatable bonds is 10. The molecule has 1 rings (SSSR count). The van der Waals surface area contributed by atoms with E-state index >= 15 is 0 Å². The van der Waals surface area contributed by atoms with E-state index < -0.39 is 0 Å². The van der Waals surface area contributed by atoms with Crippen LogP contribution >= 0.6 is 23.2 Å². The minimum absolute atomic E-state index is 0.503. The number of unbranched alkanes of at least 4 members (excludes halogenated alkanes) is 3. The predicted octanol–water partition coefficient (Wildman–Crippen LogP) is 5.87. The van der Waals surface area contributed by atoms with Crippen LogP contribution in [0, 0.1) is 0 Å². The van der Waals surface area contributed by atoms with Crippen LogP contribution in [0.15, 0.2) is 18.2 Å². The molecule has 1 aromatic carbocycles. The molecule has 0 amide bonds. The van der Waals surface area contributed by atoms with E-state index in [1.165, 1.54) is 32.1 Å². The lowest BCUT2D eigenvalue weighted by Crippen LogP contribution is -2.31. The maximum absolute atomic E-state index is 6.30. The molecule has 1 nitrogen and oxygen atoms in total. The molecular weight excluding hydrogens is 289 g/mol. The van der Waals surface area contributed by atoms with E-state index in [-0.39, 0.29) is 0 Å². The number of nitrogens with one attached hydrogen (secondary N) is 1. The van der Waals surface area contributed by atoms with Gasteiger partial charge in [0.05, 0.1) is 10.0 Å². The molecule has 0 aromatic heterocycles. The van der Waals surface area contributed by atoms with Gasteiger partial charge in [-0.2, -0.15) is 0 Å². The molecule has 0 radical (unpaired) electrons. The van der Waals surface area contributed by atoms with Gasteiger partial charge in [-0.25, -0.2) is 0 Å². The van der Waals surface area contributed by atoms with E-state index in [2.05, 4.69) is 25.2 Å². The fourth-order valence-electron chi connectivity index (χ4n) is 2.41. The molecule has 1 unspecified atom stereocenters. The van der Waals surface area contributed by atoms with Crippen LogP contribution in [0.5, 0.6) is 0 Å². The summed E-state index contributed by atoms with van der Waals surface area (Å²) < 4.78 is 0. The van der Waals surface area contributed by atoms with Crippen molar-refractivity contribution >= 4 is 23.2 Å². The van der Waals surface area contributed by atoms with Gasteiger partial charge in [0.25, 0.3) is 0 Å². The molecule has 0 spiro atoms. The van der Waals surface area contributed by atoms with Gasteiger partial charge in [-0.15, -0.1) is 0 Å². The fourth-order valence-corrected chi connectivity index (χ4v) is 2.81. The van der Waals surface area contributed by atoms with E-state index in [1.54, 1.807) is 0 Å². The van der Waals surface area contributed by atoms with Gasteiger partial charge in [0.15, 0.2) is 0 Å². The van der Waals surface area contributed by atoms with Crippen LogP contribution in [0.25, 0.3) is 0 Å². The predicted molar refractivity (Wildman–Crippen MR) is 91.0 cm³/mol. The summed E-state index contributed by atoms with van der Waals surface area (Å²) in [6.45, 7) is 5.52. The SMILES string of the molecule is CCCCCCC(Cc1cccc(Cl)c1Cl)NCCC. The summed E-state index contributed by atoms with van der Waals surface area (Å²) in [6, 6.07) is 6.42. The second-order valence-corrected chi connectivity index (χ2v) is 6.20. The Hall–Kier alpha value is -0.240. The summed E-state index contributed by atoms with van der Waals surface area (Å²) in [7, 11) is 0. The van der Waals surface area contributed by atoms with Crippen molar-refractivity contribution < 1.29 is 0 Å². The smallest absolute Gasteiger partial charge is 0.0624 e. The minimum Gasteiger partial charge on any atom is -0.314 e. The van der Waals surface area contributed by atoms with Crippen molar-refractivity contribution in [1.29, 1.82) is 0 Å². The lowest BCUT2D eigenvalue weighted by Gasteiger charge is -2.19. The third kappa shape index (κ3) is 6.47. The van der Waals surface area contributed by atoms with E-state index in [4.69, 9.17) is 23.2 Å². The fraction of sp³-hybridized carbons (Fsp3) is 0.647. The van der Waals surface area contributed by atoms with Gasteiger partial charge in [0.2, 0.25) is 0 Å². The highest BCUT2D eigenvalue weighted by Gasteiger charge is 2.12. The lowest BCUT2D eigenvalue weighted by molar-refractivity contribution is 0.453. The molecule has 3 heteroatoms. The van der Waals surface area contributed by atoms with E-state index in [9.17, 15) is 0 Å². The molecule has 0 aliphatic carbocycles. The summed E-state index contributed by atoms with van der Waals surface area (Å²) in [5.74, 6) is 0. The zero-order valence-electron chi connectivity index (χ0n) is 12.7. The van der Waals surface area contributed by atoms with Crippen LogP contribution < -0.4 is 5.32 Å². The number of hydrogen-bond donors (Lipinski definition) is 1. The van der Waals surface area contributed by atoms with Gasteiger partial charge in [-0.05, 0) is 37.4 Å². The lowest BCUT2D eigenvalue weighted by atomic mass is 9.99. The van der Waals surface area contributed by atoms with Gasteiger partial charge < -0.3 is 5.32 Å². The summed E-state index contributed by atoms with van der Waals surface area (Å²) in [6.07, 6.45) is 8.56. The molecule has 0 saturated carbocycles. The molecular formula is C17H27Cl2N. The van der Waals surface area contributed by atoms with Gasteiger partial charge >= 0.3 is 0 Å². The van der Waals surface area contributed by atoms with Crippen LogP contribution in [0.3, 0.4) is 0 Å². The highest BCUT2D eigenvalue weighted by atomic mass is 35.5. The molecule has 0 aliphatic heterocycles. The van der Waals surface area contributed by atoms with E-state index in [0.29, 0.717) is 16.1 Å². The Morgan fingerprint density at radius 2 is 1.85 bits per heavy atom. The quantitative estimate of drug-likeness (QED) is 0.532. The Morgan fingerprint density at radius 1 is 1.05 bits per heavy atom. The van der Waals surface area contributed by atoms with E-state index in [1.807, 2.05) is 12.1 Å². The molecule has 0 heterocycles. The third-order valence-corrected chi connectivity index (χ3v) is 4.45. The van der Waals surface area contributed by atoms with Gasteiger partial charge in [0.1, 0.15) is 0 Å². The molecule has 20 heavy (non-hydrogen) atoms. The van der Waals surface area contributed by atoms with Crippen LogP contribution in [0.1, 0.15) is 57.9 Å². The molecule has 1 aromatic rings. The zero-order valence-corrected chi connectivity index (χ0v) is 14.2. The normalized spacial score (nSPS) is 12.6. The molecule has 0 saturated heterocycles. The van der Waals surface area contributed by atoms with Crippen molar-refractivity contribution in [3.8, 4) is 0 Å². The summed E-state index contributed by atoms with van der Waals surface area (Å²) in [5, 5.41) is 5.01. The first-order chi connectivity index (χ1) is 9.69. The third-order valence-electron chi connectivity index (χ3n) is 3.59. The van der Waals surface area contributed by atoms with Gasteiger partial charge in [-0.3, -0.25) is 0 Å². The second-order valence-electron chi connectivity index (χ2n) is 5.42. The van der Waals surface area contributed by atoms with Crippen LogP contribution in [-0.4, -0.2) is 12.6 Å². The minimum atomic E-state index is 0.503.